The third kappa shape index (κ3) is 2.48. The van der Waals surface area contributed by atoms with Crippen LogP contribution in [0.1, 0.15) is 29.2 Å². The second-order valence-electron chi connectivity index (χ2n) is 6.06. The second-order valence-corrected chi connectivity index (χ2v) is 6.06. The molecule has 25 heavy (non-hydrogen) atoms. The fourth-order valence-electron chi connectivity index (χ4n) is 3.47. The van der Waals surface area contributed by atoms with E-state index < -0.39 is 11.5 Å². The molecule has 0 saturated carbocycles. The van der Waals surface area contributed by atoms with Crippen LogP contribution in [0.5, 0.6) is 11.5 Å². The van der Waals surface area contributed by atoms with Crippen LogP contribution >= 0.6 is 0 Å². The van der Waals surface area contributed by atoms with E-state index in [-0.39, 0.29) is 18.1 Å². The van der Waals surface area contributed by atoms with Gasteiger partial charge in [0, 0.05) is 17.4 Å². The average molecular weight is 336 g/mol. The van der Waals surface area contributed by atoms with Crippen molar-refractivity contribution < 1.29 is 18.7 Å². The van der Waals surface area contributed by atoms with Crippen molar-refractivity contribution in [1.82, 2.24) is 0 Å². The molecule has 4 rings (SSSR count). The Balaban J connectivity index is 2.00. The quantitative estimate of drug-likeness (QED) is 0.670. The van der Waals surface area contributed by atoms with Crippen molar-refractivity contribution in [1.29, 1.82) is 0 Å². The molecule has 1 unspecified atom stereocenters. The van der Waals surface area contributed by atoms with Gasteiger partial charge in [0.15, 0.2) is 0 Å². The van der Waals surface area contributed by atoms with Crippen molar-refractivity contribution in [3.8, 4) is 11.5 Å². The molecule has 3 aromatic rings. The van der Waals surface area contributed by atoms with Crippen molar-refractivity contribution in [2.45, 2.75) is 19.3 Å². The van der Waals surface area contributed by atoms with Crippen LogP contribution in [0.2, 0.25) is 0 Å². The minimum atomic E-state index is -0.465. The van der Waals surface area contributed by atoms with Crippen LogP contribution < -0.4 is 15.1 Å². The molecule has 1 aliphatic heterocycles. The van der Waals surface area contributed by atoms with Crippen molar-refractivity contribution in [3.63, 3.8) is 0 Å². The van der Waals surface area contributed by atoms with Crippen molar-refractivity contribution in [2.75, 3.05) is 7.11 Å². The van der Waals surface area contributed by atoms with Crippen LogP contribution in [0.25, 0.3) is 10.8 Å². The Morgan fingerprint density at radius 1 is 1.08 bits per heavy atom. The highest BCUT2D eigenvalue weighted by molar-refractivity contribution is 5.92. The molecule has 1 atom stereocenters. The van der Waals surface area contributed by atoms with E-state index in [1.807, 2.05) is 36.4 Å². The minimum absolute atomic E-state index is 0.0944. The Labute approximate surface area is 143 Å². The maximum Gasteiger partial charge on any atom is 0.343 e. The molecule has 0 amide bonds. The number of hydrogen-bond donors (Lipinski definition) is 0. The summed E-state index contributed by atoms with van der Waals surface area (Å²) in [5.74, 6) is 0.673. The zero-order valence-corrected chi connectivity index (χ0v) is 13.9. The number of ether oxygens (including phenoxy) is 2. The van der Waals surface area contributed by atoms with Gasteiger partial charge in [0.1, 0.15) is 17.3 Å². The SMILES string of the molecule is COc1ccc(C2CC(=O)Oc3cc(C)oc(=O)c32)c2ccccc12. The highest BCUT2D eigenvalue weighted by Gasteiger charge is 2.33. The Morgan fingerprint density at radius 3 is 2.60 bits per heavy atom. The standard InChI is InChI=1S/C20H16O5/c1-11-9-17-19(20(22)24-11)15(10-18(21)25-17)13-7-8-16(23-2)14-6-4-3-5-12(13)14/h3-9,15H,10H2,1-2H3. The molecule has 5 heteroatoms. The normalized spacial score (nSPS) is 16.4. The zero-order chi connectivity index (χ0) is 17.6. The number of carbonyl (C=O) groups excluding carboxylic acids is 1. The predicted octanol–water partition coefficient (Wildman–Crippen LogP) is 3.55. The number of rotatable bonds is 2. The van der Waals surface area contributed by atoms with Gasteiger partial charge in [-0.2, -0.15) is 0 Å². The number of hydrogen-bond acceptors (Lipinski definition) is 5. The first-order chi connectivity index (χ1) is 12.1. The lowest BCUT2D eigenvalue weighted by Gasteiger charge is -2.25. The van der Waals surface area contributed by atoms with Crippen molar-refractivity contribution >= 4 is 16.7 Å². The molecule has 2 heterocycles. The summed E-state index contributed by atoms with van der Waals surface area (Å²) >= 11 is 0. The number of benzene rings is 2. The molecular weight excluding hydrogens is 320 g/mol. The van der Waals surface area contributed by atoms with Gasteiger partial charge in [-0.15, -0.1) is 0 Å². The molecule has 1 aliphatic rings. The van der Waals surface area contributed by atoms with Gasteiger partial charge in [-0.05, 0) is 23.9 Å². The first-order valence-corrected chi connectivity index (χ1v) is 7.99. The van der Waals surface area contributed by atoms with Gasteiger partial charge < -0.3 is 13.9 Å². The molecule has 0 saturated heterocycles. The molecule has 5 nitrogen and oxygen atoms in total. The van der Waals surface area contributed by atoms with Crippen LogP contribution in [0.4, 0.5) is 0 Å². The summed E-state index contributed by atoms with van der Waals surface area (Å²) in [7, 11) is 1.62. The number of carbonyl (C=O) groups is 1. The average Bonchev–Trinajstić information content (AvgIpc) is 2.59. The topological polar surface area (TPSA) is 65.7 Å². The van der Waals surface area contributed by atoms with Gasteiger partial charge in [-0.3, -0.25) is 4.79 Å². The number of esters is 1. The van der Waals surface area contributed by atoms with E-state index in [1.165, 1.54) is 0 Å². The number of aryl methyl sites for hydroxylation is 1. The van der Waals surface area contributed by atoms with Gasteiger partial charge in [0.2, 0.25) is 0 Å². The summed E-state index contributed by atoms with van der Waals surface area (Å²) in [6.07, 6.45) is 0.0944. The van der Waals surface area contributed by atoms with Crippen LogP contribution in [0, 0.1) is 6.92 Å². The van der Waals surface area contributed by atoms with Gasteiger partial charge in [0.05, 0.1) is 19.1 Å². The Hall–Kier alpha value is -3.08. The molecule has 0 aliphatic carbocycles. The zero-order valence-electron chi connectivity index (χ0n) is 13.9. The van der Waals surface area contributed by atoms with Crippen LogP contribution in [-0.2, 0) is 4.79 Å². The minimum Gasteiger partial charge on any atom is -0.496 e. The maximum absolute atomic E-state index is 12.5. The van der Waals surface area contributed by atoms with E-state index in [0.29, 0.717) is 11.3 Å². The Morgan fingerprint density at radius 2 is 1.84 bits per heavy atom. The van der Waals surface area contributed by atoms with E-state index in [2.05, 4.69) is 0 Å². The lowest BCUT2D eigenvalue weighted by Crippen LogP contribution is -2.26. The number of methoxy groups -OCH3 is 1. The van der Waals surface area contributed by atoms with Crippen LogP contribution in [0.15, 0.2) is 51.7 Å². The summed E-state index contributed by atoms with van der Waals surface area (Å²) in [5, 5.41) is 1.87. The van der Waals surface area contributed by atoms with E-state index in [4.69, 9.17) is 13.9 Å². The summed E-state index contributed by atoms with van der Waals surface area (Å²) in [6, 6.07) is 13.1. The molecule has 2 aromatic carbocycles. The predicted molar refractivity (Wildman–Crippen MR) is 92.3 cm³/mol. The summed E-state index contributed by atoms with van der Waals surface area (Å²) in [5.41, 5.74) is 0.804. The molecule has 1 aromatic heterocycles. The highest BCUT2D eigenvalue weighted by Crippen LogP contribution is 2.41. The lowest BCUT2D eigenvalue weighted by molar-refractivity contribution is -0.135. The van der Waals surface area contributed by atoms with E-state index in [1.54, 1.807) is 20.1 Å². The van der Waals surface area contributed by atoms with Gasteiger partial charge >= 0.3 is 11.6 Å². The highest BCUT2D eigenvalue weighted by atomic mass is 16.5. The van der Waals surface area contributed by atoms with E-state index in [9.17, 15) is 9.59 Å². The first kappa shape index (κ1) is 15.4. The second kappa shape index (κ2) is 5.77. The van der Waals surface area contributed by atoms with Crippen molar-refractivity contribution in [2.24, 2.45) is 0 Å². The van der Waals surface area contributed by atoms with Crippen LogP contribution in [0.3, 0.4) is 0 Å². The third-order valence-corrected chi connectivity index (χ3v) is 4.53. The maximum atomic E-state index is 12.5. The smallest absolute Gasteiger partial charge is 0.343 e. The van der Waals surface area contributed by atoms with Gasteiger partial charge in [-0.1, -0.05) is 30.3 Å². The fourth-order valence-corrected chi connectivity index (χ4v) is 3.47. The number of fused-ring (bicyclic) bond motifs is 2. The molecule has 0 fully saturated rings. The third-order valence-electron chi connectivity index (χ3n) is 4.53. The lowest BCUT2D eigenvalue weighted by atomic mass is 9.84. The molecule has 0 spiro atoms. The van der Waals surface area contributed by atoms with Gasteiger partial charge in [0.25, 0.3) is 0 Å². The molecule has 0 radical (unpaired) electrons. The largest absolute Gasteiger partial charge is 0.496 e. The van der Waals surface area contributed by atoms with Crippen LogP contribution in [-0.4, -0.2) is 13.1 Å². The van der Waals surface area contributed by atoms with E-state index in [0.717, 1.165) is 22.1 Å². The molecule has 126 valence electrons. The van der Waals surface area contributed by atoms with Gasteiger partial charge in [-0.25, -0.2) is 4.79 Å². The molecular formula is C20H16O5. The van der Waals surface area contributed by atoms with Crippen molar-refractivity contribution in [3.05, 3.63) is 69.8 Å². The monoisotopic (exact) mass is 336 g/mol. The molecule has 0 bridgehead atoms. The summed E-state index contributed by atoms with van der Waals surface area (Å²) in [4.78, 5) is 24.6. The fraction of sp³-hybridized carbons (Fsp3) is 0.200. The Kier molecular flexibility index (Phi) is 3.57. The summed E-state index contributed by atoms with van der Waals surface area (Å²) < 4.78 is 16.0. The van der Waals surface area contributed by atoms with E-state index >= 15 is 0 Å². The first-order valence-electron chi connectivity index (χ1n) is 7.99. The Bertz CT molecular complexity index is 1050. The summed E-state index contributed by atoms with van der Waals surface area (Å²) in [6.45, 7) is 1.65. The molecule has 0 N–H and O–H groups in total.